The van der Waals surface area contributed by atoms with Crippen LogP contribution in [-0.4, -0.2) is 18.6 Å². The molecule has 1 amide bonds. The second kappa shape index (κ2) is 10.9. The molecule has 32 heavy (non-hydrogen) atoms. The molecule has 1 fully saturated rings. The Morgan fingerprint density at radius 1 is 0.875 bits per heavy atom. The van der Waals surface area contributed by atoms with Gasteiger partial charge in [0.15, 0.2) is 0 Å². The zero-order valence-corrected chi connectivity index (χ0v) is 18.7. The molecule has 0 spiro atoms. The van der Waals surface area contributed by atoms with Crippen LogP contribution < -0.4 is 14.8 Å². The number of carbonyl (C=O) groups is 1. The fourth-order valence-corrected chi connectivity index (χ4v) is 4.18. The molecule has 1 aliphatic carbocycles. The van der Waals surface area contributed by atoms with Crippen molar-refractivity contribution in [2.75, 3.05) is 6.61 Å². The highest BCUT2D eigenvalue weighted by Gasteiger charge is 2.18. The molecule has 0 bridgehead atoms. The van der Waals surface area contributed by atoms with Gasteiger partial charge in [0.1, 0.15) is 18.1 Å². The Kier molecular flexibility index (Phi) is 7.44. The summed E-state index contributed by atoms with van der Waals surface area (Å²) in [6, 6.07) is 24.2. The molecular weight excluding hydrogens is 398 g/mol. The van der Waals surface area contributed by atoms with Crippen molar-refractivity contribution in [1.29, 1.82) is 0 Å². The molecule has 0 radical (unpaired) electrons. The average Bonchev–Trinajstić information content (AvgIpc) is 2.85. The van der Waals surface area contributed by atoms with Crippen molar-refractivity contribution < 1.29 is 14.3 Å². The minimum atomic E-state index is -0.0200. The number of carbonyl (C=O) groups excluding carboxylic acids is 1. The molecule has 0 aromatic heterocycles. The van der Waals surface area contributed by atoms with Gasteiger partial charge < -0.3 is 14.8 Å². The maximum Gasteiger partial charge on any atom is 0.251 e. The third-order valence-electron chi connectivity index (χ3n) is 5.92. The van der Waals surface area contributed by atoms with Gasteiger partial charge in [-0.15, -0.1) is 0 Å². The maximum atomic E-state index is 12.8. The van der Waals surface area contributed by atoms with Crippen LogP contribution in [0.3, 0.4) is 0 Å². The lowest BCUT2D eigenvalue weighted by Gasteiger charge is -2.23. The molecule has 3 aromatic rings. The Labute approximate surface area is 190 Å². The van der Waals surface area contributed by atoms with Crippen LogP contribution in [0.25, 0.3) is 11.1 Å². The van der Waals surface area contributed by atoms with Crippen LogP contribution in [0.5, 0.6) is 11.5 Å². The Morgan fingerprint density at radius 3 is 2.31 bits per heavy atom. The van der Waals surface area contributed by atoms with Crippen LogP contribution in [0.2, 0.25) is 0 Å². The molecular formula is C28H31NO3. The van der Waals surface area contributed by atoms with E-state index in [0.717, 1.165) is 35.5 Å². The van der Waals surface area contributed by atoms with E-state index in [1.54, 1.807) is 0 Å². The second-order valence-corrected chi connectivity index (χ2v) is 8.24. The minimum Gasteiger partial charge on any atom is -0.493 e. The first kappa shape index (κ1) is 21.9. The molecule has 3 aromatic carbocycles. The summed E-state index contributed by atoms with van der Waals surface area (Å²) in [6.45, 7) is 2.85. The molecule has 0 heterocycles. The van der Waals surface area contributed by atoms with Crippen LogP contribution in [-0.2, 0) is 6.61 Å². The van der Waals surface area contributed by atoms with Crippen LogP contribution in [0.4, 0.5) is 0 Å². The normalized spacial score (nSPS) is 14.0. The summed E-state index contributed by atoms with van der Waals surface area (Å²) < 4.78 is 11.8. The van der Waals surface area contributed by atoms with Crippen molar-refractivity contribution in [2.24, 2.45) is 0 Å². The van der Waals surface area contributed by atoms with E-state index in [4.69, 9.17) is 9.47 Å². The molecule has 4 heteroatoms. The van der Waals surface area contributed by atoms with E-state index < -0.39 is 0 Å². The average molecular weight is 430 g/mol. The number of rotatable bonds is 8. The fraction of sp³-hybridized carbons (Fsp3) is 0.321. The maximum absolute atomic E-state index is 12.8. The molecule has 166 valence electrons. The summed E-state index contributed by atoms with van der Waals surface area (Å²) in [5, 5.41) is 3.19. The zero-order valence-electron chi connectivity index (χ0n) is 18.7. The van der Waals surface area contributed by atoms with E-state index in [2.05, 4.69) is 29.6 Å². The summed E-state index contributed by atoms with van der Waals surface area (Å²) in [5.41, 5.74) is 3.84. The SMILES string of the molecule is CCOc1ccc(C(=O)NC2CCCCC2)cc1COc1ccc(-c2ccccc2)cc1. The summed E-state index contributed by atoms with van der Waals surface area (Å²) in [5.74, 6) is 1.51. The highest BCUT2D eigenvalue weighted by Crippen LogP contribution is 2.26. The fourth-order valence-electron chi connectivity index (χ4n) is 4.18. The topological polar surface area (TPSA) is 47.6 Å². The van der Waals surface area contributed by atoms with Gasteiger partial charge in [0.05, 0.1) is 6.61 Å². The highest BCUT2D eigenvalue weighted by atomic mass is 16.5. The third kappa shape index (κ3) is 5.70. The molecule has 0 aliphatic heterocycles. The number of nitrogens with one attached hydrogen (secondary N) is 1. The summed E-state index contributed by atoms with van der Waals surface area (Å²) in [6.07, 6.45) is 5.78. The number of benzene rings is 3. The van der Waals surface area contributed by atoms with Crippen LogP contribution in [0.1, 0.15) is 54.9 Å². The zero-order chi connectivity index (χ0) is 22.2. The first-order valence-electron chi connectivity index (χ1n) is 11.6. The summed E-state index contributed by atoms with van der Waals surface area (Å²) >= 11 is 0. The van der Waals surface area contributed by atoms with Gasteiger partial charge in [-0.3, -0.25) is 4.79 Å². The number of hydrogen-bond acceptors (Lipinski definition) is 3. The van der Waals surface area contributed by atoms with Crippen molar-refractivity contribution in [3.05, 3.63) is 83.9 Å². The van der Waals surface area contributed by atoms with Crippen molar-refractivity contribution in [3.8, 4) is 22.6 Å². The highest BCUT2D eigenvalue weighted by molar-refractivity contribution is 5.94. The van der Waals surface area contributed by atoms with Crippen molar-refractivity contribution in [3.63, 3.8) is 0 Å². The molecule has 4 rings (SSSR count). The van der Waals surface area contributed by atoms with Crippen LogP contribution >= 0.6 is 0 Å². The second-order valence-electron chi connectivity index (χ2n) is 8.24. The monoisotopic (exact) mass is 429 g/mol. The largest absolute Gasteiger partial charge is 0.493 e. The number of hydrogen-bond donors (Lipinski definition) is 1. The smallest absolute Gasteiger partial charge is 0.251 e. The molecule has 0 saturated heterocycles. The van der Waals surface area contributed by atoms with Gasteiger partial charge >= 0.3 is 0 Å². The predicted molar refractivity (Wildman–Crippen MR) is 128 cm³/mol. The third-order valence-corrected chi connectivity index (χ3v) is 5.92. The van der Waals surface area contributed by atoms with E-state index in [0.29, 0.717) is 18.8 Å². The van der Waals surface area contributed by atoms with E-state index in [9.17, 15) is 4.79 Å². The van der Waals surface area contributed by atoms with Crippen LogP contribution in [0, 0.1) is 0 Å². The molecule has 1 saturated carbocycles. The van der Waals surface area contributed by atoms with Gasteiger partial charge in [-0.05, 0) is 61.2 Å². The Hall–Kier alpha value is -3.27. The summed E-state index contributed by atoms with van der Waals surface area (Å²) in [7, 11) is 0. The van der Waals surface area contributed by atoms with E-state index in [1.807, 2.05) is 55.5 Å². The van der Waals surface area contributed by atoms with E-state index in [1.165, 1.54) is 24.8 Å². The molecule has 0 unspecified atom stereocenters. The van der Waals surface area contributed by atoms with Crippen LogP contribution in [0.15, 0.2) is 72.8 Å². The van der Waals surface area contributed by atoms with Gasteiger partial charge in [-0.2, -0.15) is 0 Å². The summed E-state index contributed by atoms with van der Waals surface area (Å²) in [4.78, 5) is 12.8. The molecule has 0 atom stereocenters. The first-order valence-corrected chi connectivity index (χ1v) is 11.6. The standard InChI is InChI=1S/C28H31NO3/c1-2-31-27-18-15-23(28(30)29-25-11-7-4-8-12-25)19-24(27)20-32-26-16-13-22(14-17-26)21-9-5-3-6-10-21/h3,5-6,9-10,13-19,25H,2,4,7-8,11-12,20H2,1H3,(H,29,30). The van der Waals surface area contributed by atoms with Gasteiger partial charge in [-0.1, -0.05) is 61.7 Å². The number of ether oxygens (including phenoxy) is 2. The molecule has 4 nitrogen and oxygen atoms in total. The first-order chi connectivity index (χ1) is 15.7. The van der Waals surface area contributed by atoms with Gasteiger partial charge in [0, 0.05) is 17.2 Å². The Bertz CT molecular complexity index is 1010. The van der Waals surface area contributed by atoms with Crippen molar-refractivity contribution in [2.45, 2.75) is 51.7 Å². The lowest BCUT2D eigenvalue weighted by atomic mass is 9.95. The lowest BCUT2D eigenvalue weighted by Crippen LogP contribution is -2.36. The predicted octanol–water partition coefficient (Wildman–Crippen LogP) is 6.39. The lowest BCUT2D eigenvalue weighted by molar-refractivity contribution is 0.0927. The minimum absolute atomic E-state index is 0.0200. The van der Waals surface area contributed by atoms with E-state index >= 15 is 0 Å². The van der Waals surface area contributed by atoms with Gasteiger partial charge in [0.25, 0.3) is 5.91 Å². The molecule has 1 aliphatic rings. The van der Waals surface area contributed by atoms with Gasteiger partial charge in [-0.25, -0.2) is 0 Å². The van der Waals surface area contributed by atoms with Crippen molar-refractivity contribution in [1.82, 2.24) is 5.32 Å². The Balaban J connectivity index is 1.44. The van der Waals surface area contributed by atoms with Crippen molar-refractivity contribution >= 4 is 5.91 Å². The van der Waals surface area contributed by atoms with Gasteiger partial charge in [0.2, 0.25) is 0 Å². The quantitative estimate of drug-likeness (QED) is 0.451. The number of amides is 1. The molecule has 1 N–H and O–H groups in total. The van der Waals surface area contributed by atoms with E-state index in [-0.39, 0.29) is 11.9 Å². The Morgan fingerprint density at radius 2 is 1.59 bits per heavy atom.